The molecule has 0 fully saturated rings. The van der Waals surface area contributed by atoms with Crippen molar-refractivity contribution in [2.45, 2.75) is 95.0 Å². The van der Waals surface area contributed by atoms with Gasteiger partial charge in [-0.2, -0.15) is 16.8 Å². The van der Waals surface area contributed by atoms with Crippen molar-refractivity contribution in [2.75, 3.05) is 0 Å². The van der Waals surface area contributed by atoms with Crippen LogP contribution in [0.3, 0.4) is 0 Å². The summed E-state index contributed by atoms with van der Waals surface area (Å²) >= 11 is 0. The minimum Gasteiger partial charge on any atom is -1.00 e. The van der Waals surface area contributed by atoms with Crippen LogP contribution >= 0.6 is 0 Å². The molecule has 0 saturated carbocycles. The molecule has 142 valence electrons. The van der Waals surface area contributed by atoms with Crippen molar-refractivity contribution >= 4 is 20.2 Å². The van der Waals surface area contributed by atoms with Crippen molar-refractivity contribution in [3.05, 3.63) is 0 Å². The van der Waals surface area contributed by atoms with Crippen molar-refractivity contribution in [1.29, 1.82) is 0 Å². The summed E-state index contributed by atoms with van der Waals surface area (Å²) in [6.45, 7) is 2.20. The van der Waals surface area contributed by atoms with E-state index in [0.717, 1.165) is 19.3 Å². The van der Waals surface area contributed by atoms with Gasteiger partial charge in [-0.05, 0) is 6.42 Å². The van der Waals surface area contributed by atoms with Crippen molar-refractivity contribution in [3.8, 4) is 0 Å². The third-order valence-corrected chi connectivity index (χ3v) is 7.22. The molecule has 0 heterocycles. The van der Waals surface area contributed by atoms with Gasteiger partial charge in [0, 0.05) is 0 Å². The van der Waals surface area contributed by atoms with Gasteiger partial charge in [-0.15, -0.1) is 0 Å². The maximum absolute atomic E-state index is 10.9. The molecule has 24 heavy (non-hydrogen) atoms. The first-order valence-corrected chi connectivity index (χ1v) is 11.6. The van der Waals surface area contributed by atoms with Gasteiger partial charge in [0.25, 0.3) is 20.2 Å². The maximum atomic E-state index is 10.9. The maximum Gasteiger partial charge on any atom is 1.00 e. The molecule has 9 heteroatoms. The summed E-state index contributed by atoms with van der Waals surface area (Å²) in [6.07, 6.45) is 12.8. The predicted molar refractivity (Wildman–Crippen MR) is 93.7 cm³/mol. The first-order valence-electron chi connectivity index (χ1n) is 8.62. The zero-order valence-corrected chi connectivity index (χ0v) is 18.7. The molecular formula is C15H33NaO6S2. The fourth-order valence-corrected chi connectivity index (χ4v) is 4.76. The molecular weight excluding hydrogens is 363 g/mol. The van der Waals surface area contributed by atoms with Crippen molar-refractivity contribution < 1.29 is 56.9 Å². The number of hydrogen-bond acceptors (Lipinski definition) is 4. The zero-order valence-electron chi connectivity index (χ0n) is 16.1. The van der Waals surface area contributed by atoms with Crippen LogP contribution in [0.2, 0.25) is 0 Å². The molecule has 0 aliphatic heterocycles. The molecule has 0 unspecified atom stereocenters. The summed E-state index contributed by atoms with van der Waals surface area (Å²) in [5, 5.41) is 0. The van der Waals surface area contributed by atoms with E-state index < -0.39 is 24.8 Å². The van der Waals surface area contributed by atoms with Gasteiger partial charge < -0.3 is 1.43 Å². The smallest absolute Gasteiger partial charge is 1.00 e. The van der Waals surface area contributed by atoms with E-state index in [9.17, 15) is 16.8 Å². The SMILES string of the molecule is CCCCCCCCCCCCCCC(S(=O)(=O)O)S(=O)(=O)O.[H-].[Na+]. The molecule has 0 aromatic heterocycles. The largest absolute Gasteiger partial charge is 1.00 e. The molecule has 2 N–H and O–H groups in total. The average molecular weight is 397 g/mol. The monoisotopic (exact) mass is 396 g/mol. The Hall–Kier alpha value is 0.820. The van der Waals surface area contributed by atoms with Crippen LogP contribution in [0.1, 0.15) is 91.8 Å². The number of hydrogen-bond donors (Lipinski definition) is 2. The fourth-order valence-electron chi connectivity index (χ4n) is 2.60. The Labute approximate surface area is 171 Å². The van der Waals surface area contributed by atoms with Gasteiger partial charge >= 0.3 is 29.6 Å². The van der Waals surface area contributed by atoms with Gasteiger partial charge in [0.2, 0.25) is 4.58 Å². The van der Waals surface area contributed by atoms with E-state index in [-0.39, 0.29) is 37.4 Å². The van der Waals surface area contributed by atoms with Crippen LogP contribution in [0.15, 0.2) is 0 Å². The summed E-state index contributed by atoms with van der Waals surface area (Å²) in [5.41, 5.74) is 0. The van der Waals surface area contributed by atoms with E-state index in [1.807, 2.05) is 0 Å². The third kappa shape index (κ3) is 15.1. The molecule has 6 nitrogen and oxygen atoms in total. The van der Waals surface area contributed by atoms with Crippen molar-refractivity contribution in [1.82, 2.24) is 0 Å². The van der Waals surface area contributed by atoms with Crippen LogP contribution in [-0.4, -0.2) is 30.5 Å². The Morgan fingerprint density at radius 1 is 0.667 bits per heavy atom. The van der Waals surface area contributed by atoms with Crippen LogP contribution in [-0.2, 0) is 20.2 Å². The Kier molecular flexibility index (Phi) is 16.8. The standard InChI is InChI=1S/C15H32O6S2.Na.H/c1-2-3-4-5-6-7-8-9-10-11-12-13-14-15(22(16,17)18)23(19,20)21;;/h15H,2-14H2,1H3,(H,16,17,18)(H,19,20,21);;/q;+1;-1. The molecule has 0 radical (unpaired) electrons. The predicted octanol–water partition coefficient (Wildman–Crippen LogP) is 1.30. The summed E-state index contributed by atoms with van der Waals surface area (Å²) in [6, 6.07) is 0. The van der Waals surface area contributed by atoms with E-state index in [1.165, 1.54) is 44.9 Å². The molecule has 0 spiro atoms. The molecule has 0 saturated heterocycles. The second-order valence-electron chi connectivity index (χ2n) is 6.14. The summed E-state index contributed by atoms with van der Waals surface area (Å²) in [5.74, 6) is 0. The van der Waals surface area contributed by atoms with E-state index in [1.54, 1.807) is 0 Å². The summed E-state index contributed by atoms with van der Waals surface area (Å²) in [4.78, 5) is 0. The van der Waals surface area contributed by atoms with E-state index in [0.29, 0.717) is 12.8 Å². The fraction of sp³-hybridized carbons (Fsp3) is 1.00. The topological polar surface area (TPSA) is 109 Å². The number of rotatable bonds is 15. The van der Waals surface area contributed by atoms with E-state index in [4.69, 9.17) is 9.11 Å². The third-order valence-electron chi connectivity index (χ3n) is 3.96. The van der Waals surface area contributed by atoms with Crippen LogP contribution in [0.25, 0.3) is 0 Å². The zero-order chi connectivity index (χ0) is 17.8. The van der Waals surface area contributed by atoms with Gasteiger partial charge in [-0.1, -0.05) is 84.0 Å². The number of unbranched alkanes of at least 4 members (excludes halogenated alkanes) is 11. The van der Waals surface area contributed by atoms with Crippen molar-refractivity contribution in [3.63, 3.8) is 0 Å². The first-order chi connectivity index (χ1) is 10.7. The molecule has 0 aromatic rings. The summed E-state index contributed by atoms with van der Waals surface area (Å²) in [7, 11) is -9.55. The van der Waals surface area contributed by atoms with E-state index in [2.05, 4.69) is 6.92 Å². The van der Waals surface area contributed by atoms with Gasteiger partial charge in [-0.3, -0.25) is 9.11 Å². The van der Waals surface area contributed by atoms with Gasteiger partial charge in [0.15, 0.2) is 0 Å². The molecule has 0 atom stereocenters. The molecule has 0 bridgehead atoms. The van der Waals surface area contributed by atoms with Gasteiger partial charge in [0.1, 0.15) is 0 Å². The molecule has 0 amide bonds. The Morgan fingerprint density at radius 2 is 0.958 bits per heavy atom. The minimum atomic E-state index is -4.78. The normalized spacial score (nSPS) is 12.3. The second-order valence-corrected chi connectivity index (χ2v) is 9.63. The molecule has 0 rings (SSSR count). The van der Waals surface area contributed by atoms with E-state index >= 15 is 0 Å². The minimum absolute atomic E-state index is 0. The Balaban J connectivity index is -0.00000242. The Bertz CT molecular complexity index is 464. The van der Waals surface area contributed by atoms with Crippen LogP contribution in [0.4, 0.5) is 0 Å². The van der Waals surface area contributed by atoms with Crippen LogP contribution < -0.4 is 29.6 Å². The van der Waals surface area contributed by atoms with Crippen LogP contribution in [0.5, 0.6) is 0 Å². The van der Waals surface area contributed by atoms with Crippen LogP contribution in [0, 0.1) is 0 Å². The Morgan fingerprint density at radius 3 is 1.25 bits per heavy atom. The summed E-state index contributed by atoms with van der Waals surface area (Å²) < 4.78 is 59.2. The van der Waals surface area contributed by atoms with Crippen molar-refractivity contribution in [2.24, 2.45) is 0 Å². The average Bonchev–Trinajstić information content (AvgIpc) is 2.41. The second kappa shape index (κ2) is 14.9. The quantitative estimate of drug-likeness (QED) is 0.245. The van der Waals surface area contributed by atoms with Gasteiger partial charge in [-0.25, -0.2) is 0 Å². The molecule has 0 aliphatic rings. The first kappa shape index (κ1) is 27.0. The molecule has 0 aliphatic carbocycles. The van der Waals surface area contributed by atoms with Gasteiger partial charge in [0.05, 0.1) is 0 Å². The molecule has 0 aromatic carbocycles.